The van der Waals surface area contributed by atoms with E-state index in [0.29, 0.717) is 11.1 Å². The molecule has 1 aromatic carbocycles. The minimum absolute atomic E-state index is 0.230. The smallest absolute Gasteiger partial charge is 0.225 e. The summed E-state index contributed by atoms with van der Waals surface area (Å²) in [4.78, 5) is 10.7. The van der Waals surface area contributed by atoms with Gasteiger partial charge in [-0.15, -0.1) is 0 Å². The molecule has 1 atom stereocenters. The third-order valence-electron chi connectivity index (χ3n) is 3.45. The molecule has 0 saturated carbocycles. The second-order valence-electron chi connectivity index (χ2n) is 4.81. The van der Waals surface area contributed by atoms with E-state index in [-0.39, 0.29) is 11.7 Å². The molecule has 1 aliphatic heterocycles. The molecule has 0 radical (unpaired) electrons. The van der Waals surface area contributed by atoms with Gasteiger partial charge in [0.2, 0.25) is 5.95 Å². The predicted molar refractivity (Wildman–Crippen MR) is 78.4 cm³/mol. The van der Waals surface area contributed by atoms with Gasteiger partial charge in [-0.1, -0.05) is 18.5 Å². The lowest BCUT2D eigenvalue weighted by atomic mass is 10.1. The summed E-state index contributed by atoms with van der Waals surface area (Å²) in [6, 6.07) is 6.37. The Morgan fingerprint density at radius 3 is 2.65 bits per heavy atom. The SMILES string of the molecule is CNc1nc(Cl)c2c(n1)N(c1ccc(F)cc1)CC2C. The highest BCUT2D eigenvalue weighted by molar-refractivity contribution is 6.30. The molecule has 2 heterocycles. The van der Waals surface area contributed by atoms with E-state index in [9.17, 15) is 4.39 Å². The molecule has 0 amide bonds. The third-order valence-corrected chi connectivity index (χ3v) is 3.73. The zero-order chi connectivity index (χ0) is 14.3. The number of nitrogens with zero attached hydrogens (tertiary/aromatic N) is 3. The predicted octanol–water partition coefficient (Wildman–Crippen LogP) is 3.57. The molecular weight excluding hydrogens is 279 g/mol. The molecule has 20 heavy (non-hydrogen) atoms. The van der Waals surface area contributed by atoms with Gasteiger partial charge in [0, 0.05) is 30.8 Å². The fraction of sp³-hybridized carbons (Fsp3) is 0.286. The average Bonchev–Trinajstić information content (AvgIpc) is 2.77. The normalized spacial score (nSPS) is 17.2. The molecule has 0 fully saturated rings. The van der Waals surface area contributed by atoms with Crippen molar-refractivity contribution in [3.05, 3.63) is 40.8 Å². The molecule has 1 unspecified atom stereocenters. The number of rotatable bonds is 2. The van der Waals surface area contributed by atoms with Gasteiger partial charge in [-0.3, -0.25) is 0 Å². The van der Waals surface area contributed by atoms with Crippen molar-refractivity contribution in [2.75, 3.05) is 23.8 Å². The van der Waals surface area contributed by atoms with Crippen molar-refractivity contribution in [2.45, 2.75) is 12.8 Å². The first-order valence-electron chi connectivity index (χ1n) is 6.38. The fourth-order valence-corrected chi connectivity index (χ4v) is 2.82. The van der Waals surface area contributed by atoms with Crippen LogP contribution < -0.4 is 10.2 Å². The van der Waals surface area contributed by atoms with E-state index < -0.39 is 0 Å². The number of hydrogen-bond donors (Lipinski definition) is 1. The summed E-state index contributed by atoms with van der Waals surface area (Å²) in [7, 11) is 1.75. The van der Waals surface area contributed by atoms with Crippen molar-refractivity contribution < 1.29 is 4.39 Å². The van der Waals surface area contributed by atoms with Gasteiger partial charge in [0.1, 0.15) is 16.8 Å². The van der Waals surface area contributed by atoms with E-state index in [0.717, 1.165) is 23.6 Å². The maximum Gasteiger partial charge on any atom is 0.225 e. The van der Waals surface area contributed by atoms with Gasteiger partial charge < -0.3 is 10.2 Å². The summed E-state index contributed by atoms with van der Waals surface area (Å²) in [5.41, 5.74) is 1.84. The summed E-state index contributed by atoms with van der Waals surface area (Å²) in [6.07, 6.45) is 0. The van der Waals surface area contributed by atoms with E-state index in [1.807, 2.05) is 4.90 Å². The molecule has 1 aromatic heterocycles. The Morgan fingerprint density at radius 1 is 1.30 bits per heavy atom. The van der Waals surface area contributed by atoms with E-state index >= 15 is 0 Å². The highest BCUT2D eigenvalue weighted by Crippen LogP contribution is 2.42. The maximum atomic E-state index is 13.1. The van der Waals surface area contributed by atoms with Crippen LogP contribution in [0.2, 0.25) is 5.15 Å². The van der Waals surface area contributed by atoms with Crippen molar-refractivity contribution in [1.29, 1.82) is 0 Å². The first-order chi connectivity index (χ1) is 9.60. The summed E-state index contributed by atoms with van der Waals surface area (Å²) < 4.78 is 13.1. The lowest BCUT2D eigenvalue weighted by molar-refractivity contribution is 0.627. The van der Waals surface area contributed by atoms with Crippen LogP contribution in [0.25, 0.3) is 0 Å². The van der Waals surface area contributed by atoms with Crippen LogP contribution in [0.5, 0.6) is 0 Å². The zero-order valence-corrected chi connectivity index (χ0v) is 11.9. The average molecular weight is 293 g/mol. The van der Waals surface area contributed by atoms with E-state index in [2.05, 4.69) is 22.2 Å². The van der Waals surface area contributed by atoms with Crippen LogP contribution in [0.4, 0.5) is 21.8 Å². The number of nitrogens with one attached hydrogen (secondary N) is 1. The molecular formula is C14H14ClFN4. The minimum Gasteiger partial charge on any atom is -0.357 e. The lowest BCUT2D eigenvalue weighted by Crippen LogP contribution is -2.15. The molecule has 0 bridgehead atoms. The monoisotopic (exact) mass is 292 g/mol. The second-order valence-corrected chi connectivity index (χ2v) is 5.17. The van der Waals surface area contributed by atoms with E-state index in [1.165, 1.54) is 12.1 Å². The van der Waals surface area contributed by atoms with Crippen molar-refractivity contribution >= 4 is 29.1 Å². The van der Waals surface area contributed by atoms with Gasteiger partial charge >= 0.3 is 0 Å². The maximum absolute atomic E-state index is 13.1. The summed E-state index contributed by atoms with van der Waals surface area (Å²) >= 11 is 6.25. The Hall–Kier alpha value is -1.88. The van der Waals surface area contributed by atoms with Crippen molar-refractivity contribution in [2.24, 2.45) is 0 Å². The Kier molecular flexibility index (Phi) is 3.22. The van der Waals surface area contributed by atoms with E-state index in [1.54, 1.807) is 19.2 Å². The van der Waals surface area contributed by atoms with Gasteiger partial charge in [-0.25, -0.2) is 9.37 Å². The summed E-state index contributed by atoms with van der Waals surface area (Å²) in [5.74, 6) is 1.25. The molecule has 6 heteroatoms. The van der Waals surface area contributed by atoms with Gasteiger partial charge in [-0.2, -0.15) is 4.98 Å². The van der Waals surface area contributed by atoms with Gasteiger partial charge in [0.05, 0.1) is 0 Å². The zero-order valence-electron chi connectivity index (χ0n) is 11.2. The standard InChI is InChI=1S/C14H14ClFN4/c1-8-7-20(10-5-3-9(16)4-6-10)13-11(8)12(15)18-14(17-2)19-13/h3-6,8H,7H2,1-2H3,(H,17,18,19). The molecule has 0 aliphatic carbocycles. The fourth-order valence-electron chi connectivity index (χ4n) is 2.47. The van der Waals surface area contributed by atoms with Gasteiger partial charge in [0.25, 0.3) is 0 Å². The van der Waals surface area contributed by atoms with Crippen LogP contribution in [0, 0.1) is 5.82 Å². The van der Waals surface area contributed by atoms with Crippen LogP contribution in [0.15, 0.2) is 24.3 Å². The molecule has 3 rings (SSSR count). The van der Waals surface area contributed by atoms with Crippen LogP contribution in [0.1, 0.15) is 18.4 Å². The minimum atomic E-state index is -0.252. The Bertz CT molecular complexity index is 644. The third kappa shape index (κ3) is 2.08. The molecule has 0 saturated heterocycles. The Labute approximate surface area is 121 Å². The largest absolute Gasteiger partial charge is 0.357 e. The first kappa shape index (κ1) is 13.1. The van der Waals surface area contributed by atoms with Crippen LogP contribution in [-0.4, -0.2) is 23.6 Å². The summed E-state index contributed by atoms with van der Waals surface area (Å²) in [5, 5.41) is 3.37. The second kappa shape index (κ2) is 4.90. The van der Waals surface area contributed by atoms with Crippen LogP contribution in [-0.2, 0) is 0 Å². The first-order valence-corrected chi connectivity index (χ1v) is 6.76. The molecule has 0 spiro atoms. The highest BCUT2D eigenvalue weighted by Gasteiger charge is 2.31. The van der Waals surface area contributed by atoms with E-state index in [4.69, 9.17) is 11.6 Å². The number of benzene rings is 1. The molecule has 104 valence electrons. The van der Waals surface area contributed by atoms with Gasteiger partial charge in [0.15, 0.2) is 0 Å². The molecule has 1 aliphatic rings. The number of aromatic nitrogens is 2. The summed E-state index contributed by atoms with van der Waals surface area (Å²) in [6.45, 7) is 2.83. The number of hydrogen-bond acceptors (Lipinski definition) is 4. The van der Waals surface area contributed by atoms with Gasteiger partial charge in [-0.05, 0) is 24.3 Å². The number of anilines is 3. The number of fused-ring (bicyclic) bond motifs is 1. The molecule has 2 aromatic rings. The molecule has 4 nitrogen and oxygen atoms in total. The van der Waals surface area contributed by atoms with Crippen molar-refractivity contribution in [3.8, 4) is 0 Å². The number of halogens is 2. The molecule has 1 N–H and O–H groups in total. The Morgan fingerprint density at radius 2 is 2.00 bits per heavy atom. The van der Waals surface area contributed by atoms with Crippen molar-refractivity contribution in [1.82, 2.24) is 9.97 Å². The Balaban J connectivity index is 2.10. The van der Waals surface area contributed by atoms with Crippen molar-refractivity contribution in [3.63, 3.8) is 0 Å². The lowest BCUT2D eigenvalue weighted by Gasteiger charge is -2.19. The highest BCUT2D eigenvalue weighted by atomic mass is 35.5. The quantitative estimate of drug-likeness (QED) is 0.859. The van der Waals surface area contributed by atoms with Crippen LogP contribution >= 0.6 is 11.6 Å². The van der Waals surface area contributed by atoms with Crippen LogP contribution in [0.3, 0.4) is 0 Å². The topological polar surface area (TPSA) is 41.1 Å².